The second-order valence-corrected chi connectivity index (χ2v) is 11.7. The number of carbonyl (C=O) groups is 1. The van der Waals surface area contributed by atoms with Crippen LogP contribution in [0, 0.1) is 5.82 Å². The number of nitrogens with zero attached hydrogens (tertiary/aromatic N) is 3. The summed E-state index contributed by atoms with van der Waals surface area (Å²) in [7, 11) is -2.31. The molecule has 4 aromatic rings. The number of amides is 1. The molecule has 1 amide bonds. The third kappa shape index (κ3) is 7.00. The summed E-state index contributed by atoms with van der Waals surface area (Å²) < 4.78 is 47.4. The van der Waals surface area contributed by atoms with E-state index >= 15 is 0 Å². The van der Waals surface area contributed by atoms with Gasteiger partial charge in [-0.2, -0.15) is 0 Å². The van der Waals surface area contributed by atoms with Gasteiger partial charge in [0.05, 0.1) is 22.2 Å². The summed E-state index contributed by atoms with van der Waals surface area (Å²) >= 11 is 1.49. The molecule has 1 aliphatic rings. The standard InChI is InChI=1S/C27H28FN5O4S2.ClH/c1-37-22-6-8-23(9-7-22)39(35,36)31-21-4-2-3-19(17-21)26(34)29-11-12-32-13-15-33(16-14-32)27-30-24-10-5-20(28)18-25(24)38-27;/h2-10,17-18,31H,11-16H2,1H3,(H,29,34);1H. The summed E-state index contributed by atoms with van der Waals surface area (Å²) in [6, 6.07) is 17.1. The number of hydrogen-bond donors (Lipinski definition) is 2. The number of piperazine rings is 1. The van der Waals surface area contributed by atoms with E-state index in [1.807, 2.05) is 0 Å². The van der Waals surface area contributed by atoms with Crippen molar-refractivity contribution < 1.29 is 22.3 Å². The second kappa shape index (κ2) is 12.8. The highest BCUT2D eigenvalue weighted by atomic mass is 35.5. The molecule has 2 heterocycles. The number of hydrogen-bond acceptors (Lipinski definition) is 8. The Bertz CT molecular complexity index is 1580. The monoisotopic (exact) mass is 605 g/mol. The molecule has 0 unspecified atom stereocenters. The number of benzene rings is 3. The van der Waals surface area contributed by atoms with Crippen molar-refractivity contribution in [2.75, 3.05) is 56.0 Å². The van der Waals surface area contributed by atoms with Crippen LogP contribution in [-0.4, -0.2) is 70.6 Å². The smallest absolute Gasteiger partial charge is 0.261 e. The van der Waals surface area contributed by atoms with Gasteiger partial charge in [-0.15, -0.1) is 12.4 Å². The van der Waals surface area contributed by atoms with E-state index in [9.17, 15) is 17.6 Å². The number of fused-ring (bicyclic) bond motifs is 1. The van der Waals surface area contributed by atoms with Crippen LogP contribution in [-0.2, 0) is 10.0 Å². The second-order valence-electron chi connectivity index (χ2n) is 9.05. The lowest BCUT2D eigenvalue weighted by molar-refractivity contribution is 0.0947. The highest BCUT2D eigenvalue weighted by Gasteiger charge is 2.20. The quantitative estimate of drug-likeness (QED) is 0.294. The van der Waals surface area contributed by atoms with Crippen molar-refractivity contribution in [2.24, 2.45) is 0 Å². The van der Waals surface area contributed by atoms with Crippen LogP contribution in [0.5, 0.6) is 5.75 Å². The normalized spacial score (nSPS) is 14.0. The molecular formula is C27H29ClFN5O4S2. The van der Waals surface area contributed by atoms with Crippen LogP contribution < -0.4 is 19.7 Å². The molecule has 1 aliphatic heterocycles. The number of halogens is 2. The number of thiazole rings is 1. The Balaban J connectivity index is 0.00000370. The van der Waals surface area contributed by atoms with E-state index < -0.39 is 10.0 Å². The largest absolute Gasteiger partial charge is 0.497 e. The Kier molecular flexibility index (Phi) is 9.46. The molecule has 0 radical (unpaired) electrons. The summed E-state index contributed by atoms with van der Waals surface area (Å²) in [4.78, 5) is 21.9. The number of sulfonamides is 1. The van der Waals surface area contributed by atoms with Crippen LogP contribution >= 0.6 is 23.7 Å². The topological polar surface area (TPSA) is 104 Å². The van der Waals surface area contributed by atoms with Gasteiger partial charge in [-0.05, 0) is 60.7 Å². The molecule has 212 valence electrons. The lowest BCUT2D eigenvalue weighted by Crippen LogP contribution is -2.48. The molecule has 40 heavy (non-hydrogen) atoms. The summed E-state index contributed by atoms with van der Waals surface area (Å²) in [6.07, 6.45) is 0. The minimum absolute atomic E-state index is 0. The number of aromatic nitrogens is 1. The van der Waals surface area contributed by atoms with Crippen LogP contribution in [0.2, 0.25) is 0 Å². The van der Waals surface area contributed by atoms with Gasteiger partial charge >= 0.3 is 0 Å². The van der Waals surface area contributed by atoms with Gasteiger partial charge in [0.1, 0.15) is 11.6 Å². The Morgan fingerprint density at radius 2 is 1.80 bits per heavy atom. The number of rotatable bonds is 9. The van der Waals surface area contributed by atoms with Crippen LogP contribution in [0.15, 0.2) is 71.6 Å². The zero-order valence-corrected chi connectivity index (χ0v) is 24.1. The van der Waals surface area contributed by atoms with E-state index in [-0.39, 0.29) is 29.0 Å². The van der Waals surface area contributed by atoms with Gasteiger partial charge in [-0.3, -0.25) is 14.4 Å². The average Bonchev–Trinajstić information content (AvgIpc) is 3.36. The Morgan fingerprint density at radius 3 is 2.52 bits per heavy atom. The average molecular weight is 606 g/mol. The molecule has 1 aromatic heterocycles. The molecule has 1 fully saturated rings. The van der Waals surface area contributed by atoms with Gasteiger partial charge in [-0.1, -0.05) is 17.4 Å². The summed E-state index contributed by atoms with van der Waals surface area (Å²) in [5.74, 6) is 0.0208. The molecule has 2 N–H and O–H groups in total. The maximum atomic E-state index is 13.5. The first-order chi connectivity index (χ1) is 18.8. The van der Waals surface area contributed by atoms with Gasteiger partial charge in [0, 0.05) is 50.5 Å². The third-order valence-corrected chi connectivity index (χ3v) is 8.92. The van der Waals surface area contributed by atoms with E-state index in [1.54, 1.807) is 36.4 Å². The van der Waals surface area contributed by atoms with Crippen molar-refractivity contribution >= 4 is 60.7 Å². The van der Waals surface area contributed by atoms with Crippen LogP contribution in [0.4, 0.5) is 15.2 Å². The Hall–Kier alpha value is -3.45. The van der Waals surface area contributed by atoms with Crippen LogP contribution in [0.1, 0.15) is 10.4 Å². The molecule has 0 atom stereocenters. The Morgan fingerprint density at radius 1 is 1.05 bits per heavy atom. The molecular weight excluding hydrogens is 577 g/mol. The van der Waals surface area contributed by atoms with Crippen molar-refractivity contribution in [3.05, 3.63) is 78.1 Å². The van der Waals surface area contributed by atoms with E-state index in [0.29, 0.717) is 30.1 Å². The fourth-order valence-electron chi connectivity index (χ4n) is 4.31. The van der Waals surface area contributed by atoms with Crippen LogP contribution in [0.3, 0.4) is 0 Å². The van der Waals surface area contributed by atoms with Gasteiger partial charge in [0.2, 0.25) is 0 Å². The zero-order valence-electron chi connectivity index (χ0n) is 21.7. The number of carbonyl (C=O) groups excluding carboxylic acids is 1. The van der Waals surface area contributed by atoms with E-state index in [2.05, 4.69) is 24.8 Å². The van der Waals surface area contributed by atoms with Crippen molar-refractivity contribution in [2.45, 2.75) is 4.90 Å². The molecule has 13 heteroatoms. The minimum atomic E-state index is -3.81. The molecule has 5 rings (SSSR count). The predicted octanol–water partition coefficient (Wildman–Crippen LogP) is 4.22. The van der Waals surface area contributed by atoms with E-state index in [1.165, 1.54) is 48.8 Å². The summed E-state index contributed by atoms with van der Waals surface area (Å²) in [5, 5.41) is 3.81. The maximum absolute atomic E-state index is 13.5. The highest BCUT2D eigenvalue weighted by Crippen LogP contribution is 2.30. The van der Waals surface area contributed by atoms with Crippen molar-refractivity contribution in [3.63, 3.8) is 0 Å². The van der Waals surface area contributed by atoms with Gasteiger partial charge < -0.3 is 15.0 Å². The number of ether oxygens (including phenoxy) is 1. The number of methoxy groups -OCH3 is 1. The zero-order chi connectivity index (χ0) is 27.4. The molecule has 0 bridgehead atoms. The highest BCUT2D eigenvalue weighted by molar-refractivity contribution is 7.92. The molecule has 3 aromatic carbocycles. The van der Waals surface area contributed by atoms with Crippen molar-refractivity contribution in [3.8, 4) is 5.75 Å². The number of anilines is 2. The fraction of sp³-hybridized carbons (Fsp3) is 0.259. The van der Waals surface area contributed by atoms with Crippen molar-refractivity contribution in [1.29, 1.82) is 0 Å². The molecule has 1 saturated heterocycles. The molecule has 0 spiro atoms. The molecule has 0 aliphatic carbocycles. The lowest BCUT2D eigenvalue weighted by atomic mass is 10.2. The van der Waals surface area contributed by atoms with Gasteiger partial charge in [0.15, 0.2) is 5.13 Å². The fourth-order valence-corrected chi connectivity index (χ4v) is 6.40. The Labute approximate surface area is 242 Å². The first-order valence-corrected chi connectivity index (χ1v) is 14.7. The molecule has 9 nitrogen and oxygen atoms in total. The summed E-state index contributed by atoms with van der Waals surface area (Å²) in [5.41, 5.74) is 1.47. The van der Waals surface area contributed by atoms with E-state index in [4.69, 9.17) is 4.74 Å². The van der Waals surface area contributed by atoms with Gasteiger partial charge in [0.25, 0.3) is 15.9 Å². The molecule has 0 saturated carbocycles. The number of nitrogens with one attached hydrogen (secondary N) is 2. The first kappa shape index (κ1) is 29.5. The van der Waals surface area contributed by atoms with Crippen LogP contribution in [0.25, 0.3) is 10.2 Å². The van der Waals surface area contributed by atoms with E-state index in [0.717, 1.165) is 41.5 Å². The maximum Gasteiger partial charge on any atom is 0.261 e. The summed E-state index contributed by atoms with van der Waals surface area (Å²) in [6.45, 7) is 4.39. The van der Waals surface area contributed by atoms with Crippen molar-refractivity contribution in [1.82, 2.24) is 15.2 Å². The lowest BCUT2D eigenvalue weighted by Gasteiger charge is -2.34. The third-order valence-electron chi connectivity index (χ3n) is 6.44. The first-order valence-electron chi connectivity index (χ1n) is 12.4. The SMILES string of the molecule is COc1ccc(S(=O)(=O)Nc2cccc(C(=O)NCCN3CCN(c4nc5ccc(F)cc5s4)CC3)c2)cc1.Cl. The van der Waals surface area contributed by atoms with Gasteiger partial charge in [-0.25, -0.2) is 17.8 Å². The predicted molar refractivity (Wildman–Crippen MR) is 158 cm³/mol. The minimum Gasteiger partial charge on any atom is -0.497 e.